The van der Waals surface area contributed by atoms with Gasteiger partial charge in [-0.1, -0.05) is 23.7 Å². The lowest BCUT2D eigenvalue weighted by Gasteiger charge is -1.97. The first-order valence-electron chi connectivity index (χ1n) is 5.86. The Hall–Kier alpha value is -2.73. The van der Waals surface area contributed by atoms with Crippen molar-refractivity contribution < 1.29 is 10.0 Å². The van der Waals surface area contributed by atoms with Crippen LogP contribution in [0.5, 0.6) is 5.75 Å². The summed E-state index contributed by atoms with van der Waals surface area (Å²) in [5.74, 6) is 0.0742. The van der Waals surface area contributed by atoms with Gasteiger partial charge in [-0.25, -0.2) is 0 Å². The molecule has 0 unspecified atom stereocenters. The highest BCUT2D eigenvalue weighted by Gasteiger charge is 2.11. The van der Waals surface area contributed by atoms with Crippen LogP contribution in [0.1, 0.15) is 11.1 Å². The zero-order valence-corrected chi connectivity index (χ0v) is 11.4. The molecule has 6 nitrogen and oxygen atoms in total. The maximum absolute atomic E-state index is 10.9. The summed E-state index contributed by atoms with van der Waals surface area (Å²) in [5.41, 5.74) is 0.637. The molecule has 0 saturated carbocycles. The second-order valence-electron chi connectivity index (χ2n) is 4.01. The van der Waals surface area contributed by atoms with Gasteiger partial charge in [0.05, 0.1) is 22.9 Å². The highest BCUT2D eigenvalue weighted by molar-refractivity contribution is 6.31. The van der Waals surface area contributed by atoms with Gasteiger partial charge in [-0.15, -0.1) is 0 Å². The maximum Gasteiger partial charge on any atom is 0.278 e. The standard InChI is InChI=1S/C14H10ClN3O3/c15-12-5-6-13(18(20)21)11(7-12)9-17-16-8-10-3-1-2-4-14(10)19/h1-9,19H/b16-8-,17-9+. The molecule has 0 aliphatic rings. The predicted octanol–water partition coefficient (Wildman–Crippen LogP) is 3.41. The first-order valence-corrected chi connectivity index (χ1v) is 6.24. The van der Waals surface area contributed by atoms with Crippen molar-refractivity contribution in [2.24, 2.45) is 10.2 Å². The molecule has 0 saturated heterocycles. The summed E-state index contributed by atoms with van der Waals surface area (Å²) in [6.07, 6.45) is 2.59. The van der Waals surface area contributed by atoms with Crippen LogP contribution in [0.2, 0.25) is 5.02 Å². The van der Waals surface area contributed by atoms with Gasteiger partial charge in [0, 0.05) is 16.7 Å². The second-order valence-corrected chi connectivity index (χ2v) is 4.44. The van der Waals surface area contributed by atoms with Gasteiger partial charge < -0.3 is 5.11 Å². The third kappa shape index (κ3) is 3.87. The Bertz CT molecular complexity index is 729. The van der Waals surface area contributed by atoms with Gasteiger partial charge >= 0.3 is 0 Å². The largest absolute Gasteiger partial charge is 0.507 e. The molecule has 0 spiro atoms. The van der Waals surface area contributed by atoms with Crippen molar-refractivity contribution in [2.75, 3.05) is 0 Å². The van der Waals surface area contributed by atoms with Crippen molar-refractivity contribution in [1.29, 1.82) is 0 Å². The summed E-state index contributed by atoms with van der Waals surface area (Å²) in [6, 6.07) is 10.8. The van der Waals surface area contributed by atoms with Gasteiger partial charge in [0.15, 0.2) is 0 Å². The fraction of sp³-hybridized carbons (Fsp3) is 0. The number of halogens is 1. The minimum absolute atomic E-state index is 0.0742. The van der Waals surface area contributed by atoms with Gasteiger partial charge in [0.25, 0.3) is 5.69 Å². The average molecular weight is 304 g/mol. The van der Waals surface area contributed by atoms with E-state index in [1.807, 2.05) is 0 Å². The molecule has 0 amide bonds. The Balaban J connectivity index is 2.20. The fourth-order valence-corrected chi connectivity index (χ4v) is 1.76. The summed E-state index contributed by atoms with van der Waals surface area (Å²) >= 11 is 5.80. The minimum atomic E-state index is -0.523. The molecule has 2 aromatic rings. The van der Waals surface area contributed by atoms with E-state index in [4.69, 9.17) is 11.6 Å². The Labute approximate surface area is 125 Å². The summed E-state index contributed by atoms with van der Waals surface area (Å²) in [4.78, 5) is 10.3. The predicted molar refractivity (Wildman–Crippen MR) is 81.4 cm³/mol. The number of hydrogen-bond donors (Lipinski definition) is 1. The molecule has 0 heterocycles. The van der Waals surface area contributed by atoms with E-state index in [0.717, 1.165) is 0 Å². The summed E-state index contributed by atoms with van der Waals surface area (Å²) in [6.45, 7) is 0. The van der Waals surface area contributed by atoms with E-state index >= 15 is 0 Å². The third-order valence-electron chi connectivity index (χ3n) is 2.58. The molecule has 1 N–H and O–H groups in total. The number of rotatable bonds is 4. The van der Waals surface area contributed by atoms with Gasteiger partial charge in [-0.05, 0) is 24.3 Å². The minimum Gasteiger partial charge on any atom is -0.507 e. The Kier molecular flexibility index (Phi) is 4.63. The van der Waals surface area contributed by atoms with Crippen LogP contribution in [0, 0.1) is 10.1 Å². The van der Waals surface area contributed by atoms with Crippen LogP contribution in [0.15, 0.2) is 52.7 Å². The Morgan fingerprint density at radius 2 is 1.76 bits per heavy atom. The number of nitro groups is 1. The van der Waals surface area contributed by atoms with Crippen molar-refractivity contribution in [2.45, 2.75) is 0 Å². The first kappa shape index (κ1) is 14.7. The van der Waals surface area contributed by atoms with Crippen LogP contribution in [-0.2, 0) is 0 Å². The molecule has 0 aliphatic carbocycles. The van der Waals surface area contributed by atoms with Gasteiger partial charge in [-0.2, -0.15) is 10.2 Å². The topological polar surface area (TPSA) is 88.1 Å². The normalized spacial score (nSPS) is 11.3. The molecule has 2 aromatic carbocycles. The smallest absolute Gasteiger partial charge is 0.278 e. The van der Waals surface area contributed by atoms with Crippen molar-refractivity contribution in [1.82, 2.24) is 0 Å². The molecule has 2 rings (SSSR count). The van der Waals surface area contributed by atoms with E-state index < -0.39 is 4.92 Å². The zero-order valence-electron chi connectivity index (χ0n) is 10.7. The fourth-order valence-electron chi connectivity index (χ4n) is 1.58. The Morgan fingerprint density at radius 1 is 1.10 bits per heavy atom. The molecule has 106 valence electrons. The number of nitrogens with zero attached hydrogens (tertiary/aromatic N) is 3. The molecule has 0 bridgehead atoms. The molecule has 0 atom stereocenters. The molecule has 0 radical (unpaired) electrons. The van der Waals surface area contributed by atoms with Crippen LogP contribution < -0.4 is 0 Å². The van der Waals surface area contributed by atoms with Crippen LogP contribution >= 0.6 is 11.6 Å². The monoisotopic (exact) mass is 303 g/mol. The van der Waals surface area contributed by atoms with Gasteiger partial charge in [0.2, 0.25) is 0 Å². The number of phenolic OH excluding ortho intramolecular Hbond substituents is 1. The van der Waals surface area contributed by atoms with E-state index in [1.54, 1.807) is 18.2 Å². The molecular weight excluding hydrogens is 294 g/mol. The van der Waals surface area contributed by atoms with Crippen molar-refractivity contribution in [3.05, 3.63) is 68.7 Å². The SMILES string of the molecule is O=[N+]([O-])c1ccc(Cl)cc1/C=N/N=C\c1ccccc1O. The quantitative estimate of drug-likeness (QED) is 0.533. The lowest BCUT2D eigenvalue weighted by Crippen LogP contribution is -1.94. The number of hydrogen-bond acceptors (Lipinski definition) is 5. The van der Waals surface area contributed by atoms with Crippen LogP contribution in [0.4, 0.5) is 5.69 Å². The number of para-hydroxylation sites is 1. The molecule has 7 heteroatoms. The lowest BCUT2D eigenvalue weighted by molar-refractivity contribution is -0.385. The number of nitro benzene ring substituents is 1. The summed E-state index contributed by atoms with van der Waals surface area (Å²) < 4.78 is 0. The summed E-state index contributed by atoms with van der Waals surface area (Å²) in [5, 5.41) is 28.2. The third-order valence-corrected chi connectivity index (χ3v) is 2.82. The molecule has 0 aliphatic heterocycles. The maximum atomic E-state index is 10.9. The highest BCUT2D eigenvalue weighted by Crippen LogP contribution is 2.21. The lowest BCUT2D eigenvalue weighted by atomic mass is 10.2. The number of phenols is 1. The molecule has 21 heavy (non-hydrogen) atoms. The summed E-state index contributed by atoms with van der Waals surface area (Å²) in [7, 11) is 0. The van der Waals surface area contributed by atoms with E-state index in [0.29, 0.717) is 10.6 Å². The first-order chi connectivity index (χ1) is 10.1. The van der Waals surface area contributed by atoms with Gasteiger partial charge in [0.1, 0.15) is 5.75 Å². The average Bonchev–Trinajstić information content (AvgIpc) is 2.45. The van der Waals surface area contributed by atoms with Gasteiger partial charge in [-0.3, -0.25) is 10.1 Å². The highest BCUT2D eigenvalue weighted by atomic mass is 35.5. The van der Waals surface area contributed by atoms with Crippen molar-refractivity contribution in [3.63, 3.8) is 0 Å². The zero-order chi connectivity index (χ0) is 15.2. The second kappa shape index (κ2) is 6.62. The van der Waals surface area contributed by atoms with E-state index in [1.165, 1.54) is 36.7 Å². The molecule has 0 aromatic heterocycles. The molecule has 0 fully saturated rings. The Morgan fingerprint density at radius 3 is 2.43 bits per heavy atom. The van der Waals surface area contributed by atoms with Crippen molar-refractivity contribution in [3.8, 4) is 5.75 Å². The van der Waals surface area contributed by atoms with Crippen LogP contribution in [0.25, 0.3) is 0 Å². The van der Waals surface area contributed by atoms with Crippen LogP contribution in [0.3, 0.4) is 0 Å². The number of benzene rings is 2. The van der Waals surface area contributed by atoms with Crippen molar-refractivity contribution >= 4 is 29.7 Å². The van der Waals surface area contributed by atoms with E-state index in [9.17, 15) is 15.2 Å². The van der Waals surface area contributed by atoms with Crippen LogP contribution in [-0.4, -0.2) is 22.5 Å². The van der Waals surface area contributed by atoms with E-state index in [2.05, 4.69) is 10.2 Å². The number of aromatic hydroxyl groups is 1. The molecular formula is C14H10ClN3O3. The van der Waals surface area contributed by atoms with E-state index in [-0.39, 0.29) is 17.0 Å².